The van der Waals surface area contributed by atoms with Crippen LogP contribution >= 0.6 is 23.4 Å². The summed E-state index contributed by atoms with van der Waals surface area (Å²) in [7, 11) is 0. The van der Waals surface area contributed by atoms with Crippen LogP contribution in [0.3, 0.4) is 0 Å². The summed E-state index contributed by atoms with van der Waals surface area (Å²) >= 11 is 7.27. The number of nitrogens with one attached hydrogen (secondary N) is 2. The molecule has 1 heterocycles. The molecule has 0 atom stereocenters. The molecule has 0 aliphatic carbocycles. The third-order valence-electron chi connectivity index (χ3n) is 2.75. The van der Waals surface area contributed by atoms with Gasteiger partial charge in [0.2, 0.25) is 11.8 Å². The second-order valence-electron chi connectivity index (χ2n) is 4.74. The Labute approximate surface area is 143 Å². The van der Waals surface area contributed by atoms with Crippen LogP contribution in [0.4, 0.5) is 11.5 Å². The van der Waals surface area contributed by atoms with E-state index < -0.39 is 0 Å². The minimum absolute atomic E-state index is 0.164. The number of benzene rings is 1. The van der Waals surface area contributed by atoms with E-state index >= 15 is 0 Å². The van der Waals surface area contributed by atoms with Crippen LogP contribution in [0.1, 0.15) is 12.5 Å². The summed E-state index contributed by atoms with van der Waals surface area (Å²) in [5, 5.41) is 14.3. The summed E-state index contributed by atoms with van der Waals surface area (Å²) in [6.07, 6.45) is 0. The Morgan fingerprint density at radius 3 is 2.57 bits per heavy atom. The third-order valence-corrected chi connectivity index (χ3v) is 4.08. The van der Waals surface area contributed by atoms with Gasteiger partial charge in [0, 0.05) is 17.6 Å². The SMILES string of the molecule is CC(=O)Nc1ccc(SCC(=O)Nc2ccc(C)c(Cl)c2)nn1. The Balaban J connectivity index is 1.86. The average molecular weight is 351 g/mol. The highest BCUT2D eigenvalue weighted by Crippen LogP contribution is 2.21. The van der Waals surface area contributed by atoms with Gasteiger partial charge in [-0.05, 0) is 36.8 Å². The number of carbonyl (C=O) groups is 2. The normalized spacial score (nSPS) is 10.2. The van der Waals surface area contributed by atoms with E-state index in [4.69, 9.17) is 11.6 Å². The van der Waals surface area contributed by atoms with Crippen LogP contribution in [-0.2, 0) is 9.59 Å². The molecule has 0 bridgehead atoms. The molecular formula is C15H15ClN4O2S. The van der Waals surface area contributed by atoms with Crippen LogP contribution in [0.25, 0.3) is 0 Å². The number of amides is 2. The first-order chi connectivity index (χ1) is 10.9. The zero-order chi connectivity index (χ0) is 16.8. The van der Waals surface area contributed by atoms with Crippen LogP contribution in [0.15, 0.2) is 35.4 Å². The molecule has 23 heavy (non-hydrogen) atoms. The molecule has 0 spiro atoms. The van der Waals surface area contributed by atoms with Gasteiger partial charge in [-0.15, -0.1) is 10.2 Å². The fourth-order valence-electron chi connectivity index (χ4n) is 1.65. The Bertz CT molecular complexity index is 722. The molecule has 8 heteroatoms. The molecule has 0 saturated heterocycles. The number of carbonyl (C=O) groups excluding carboxylic acids is 2. The molecule has 0 fully saturated rings. The molecule has 120 valence electrons. The maximum absolute atomic E-state index is 11.9. The van der Waals surface area contributed by atoms with Gasteiger partial charge >= 0.3 is 0 Å². The zero-order valence-electron chi connectivity index (χ0n) is 12.6. The van der Waals surface area contributed by atoms with Crippen LogP contribution in [-0.4, -0.2) is 27.8 Å². The van der Waals surface area contributed by atoms with Crippen LogP contribution < -0.4 is 10.6 Å². The summed E-state index contributed by atoms with van der Waals surface area (Å²) in [6, 6.07) is 8.68. The predicted octanol–water partition coefficient (Wildman–Crippen LogP) is 3.13. The molecule has 1 aromatic heterocycles. The first-order valence-corrected chi connectivity index (χ1v) is 8.10. The number of nitrogens with zero attached hydrogens (tertiary/aromatic N) is 2. The average Bonchev–Trinajstić information content (AvgIpc) is 2.50. The van der Waals surface area contributed by atoms with Crippen LogP contribution in [0, 0.1) is 6.92 Å². The molecule has 0 aliphatic rings. The minimum Gasteiger partial charge on any atom is -0.325 e. The van der Waals surface area contributed by atoms with Crippen molar-refractivity contribution in [3.8, 4) is 0 Å². The molecular weight excluding hydrogens is 336 g/mol. The number of hydrogen-bond acceptors (Lipinski definition) is 5. The van der Waals surface area contributed by atoms with E-state index in [1.807, 2.05) is 13.0 Å². The maximum atomic E-state index is 11.9. The summed E-state index contributed by atoms with van der Waals surface area (Å²) in [5.74, 6) is 0.193. The van der Waals surface area contributed by atoms with E-state index in [0.29, 0.717) is 21.6 Å². The lowest BCUT2D eigenvalue weighted by atomic mass is 10.2. The standard InChI is InChI=1S/C15H15ClN4O2S/c1-9-3-4-11(7-12(9)16)18-14(22)8-23-15-6-5-13(19-20-15)17-10(2)21/h3-7H,8H2,1-2H3,(H,18,22)(H,17,19,21). The molecule has 2 aromatic rings. The summed E-state index contributed by atoms with van der Waals surface area (Å²) in [6.45, 7) is 3.29. The summed E-state index contributed by atoms with van der Waals surface area (Å²) < 4.78 is 0. The van der Waals surface area contributed by atoms with Crippen molar-refractivity contribution in [1.29, 1.82) is 0 Å². The highest BCUT2D eigenvalue weighted by molar-refractivity contribution is 7.99. The summed E-state index contributed by atoms with van der Waals surface area (Å²) in [4.78, 5) is 22.8. The van der Waals surface area contributed by atoms with Crippen LogP contribution in [0.2, 0.25) is 5.02 Å². The number of aryl methyl sites for hydroxylation is 1. The first-order valence-electron chi connectivity index (χ1n) is 6.74. The second-order valence-corrected chi connectivity index (χ2v) is 6.14. The monoisotopic (exact) mass is 350 g/mol. The van der Waals surface area contributed by atoms with Crippen molar-refractivity contribution in [3.05, 3.63) is 40.9 Å². The molecule has 6 nitrogen and oxygen atoms in total. The molecule has 1 aromatic carbocycles. The van der Waals surface area contributed by atoms with Gasteiger partial charge in [0.25, 0.3) is 0 Å². The van der Waals surface area contributed by atoms with Gasteiger partial charge in [-0.2, -0.15) is 0 Å². The zero-order valence-corrected chi connectivity index (χ0v) is 14.2. The van der Waals surface area contributed by atoms with Crippen molar-refractivity contribution in [3.63, 3.8) is 0 Å². The van der Waals surface area contributed by atoms with Crippen molar-refractivity contribution in [2.45, 2.75) is 18.9 Å². The van der Waals surface area contributed by atoms with Crippen molar-refractivity contribution < 1.29 is 9.59 Å². The third kappa shape index (κ3) is 5.54. The number of halogens is 1. The number of thioether (sulfide) groups is 1. The number of aromatic nitrogens is 2. The van der Waals surface area contributed by atoms with Gasteiger partial charge in [0.05, 0.1) is 5.75 Å². The number of rotatable bonds is 5. The van der Waals surface area contributed by atoms with Gasteiger partial charge < -0.3 is 10.6 Å². The van der Waals surface area contributed by atoms with Gasteiger partial charge in [-0.25, -0.2) is 0 Å². The Kier molecular flexibility index (Phi) is 5.95. The van der Waals surface area contributed by atoms with E-state index in [9.17, 15) is 9.59 Å². The Hall–Kier alpha value is -2.12. The van der Waals surface area contributed by atoms with E-state index in [1.54, 1.807) is 24.3 Å². The maximum Gasteiger partial charge on any atom is 0.234 e. The Morgan fingerprint density at radius 2 is 1.96 bits per heavy atom. The van der Waals surface area contributed by atoms with E-state index in [0.717, 1.165) is 5.56 Å². The fourth-order valence-corrected chi connectivity index (χ4v) is 2.45. The highest BCUT2D eigenvalue weighted by Gasteiger charge is 2.07. The molecule has 2 amide bonds. The molecule has 0 unspecified atom stereocenters. The lowest BCUT2D eigenvalue weighted by molar-refractivity contribution is -0.114. The quantitative estimate of drug-likeness (QED) is 0.809. The van der Waals surface area contributed by atoms with E-state index in [2.05, 4.69) is 20.8 Å². The molecule has 2 N–H and O–H groups in total. The summed E-state index contributed by atoms with van der Waals surface area (Å²) in [5.41, 5.74) is 1.60. The second kappa shape index (κ2) is 7.94. The lowest BCUT2D eigenvalue weighted by Gasteiger charge is -2.06. The Morgan fingerprint density at radius 1 is 1.17 bits per heavy atom. The van der Waals surface area contributed by atoms with E-state index in [1.165, 1.54) is 18.7 Å². The largest absolute Gasteiger partial charge is 0.325 e. The van der Waals surface area contributed by atoms with Crippen molar-refractivity contribution in [1.82, 2.24) is 10.2 Å². The number of hydrogen-bond donors (Lipinski definition) is 2. The van der Waals surface area contributed by atoms with E-state index in [-0.39, 0.29) is 17.6 Å². The van der Waals surface area contributed by atoms with Crippen LogP contribution in [0.5, 0.6) is 0 Å². The minimum atomic E-state index is -0.212. The van der Waals surface area contributed by atoms with Crippen molar-refractivity contribution in [2.24, 2.45) is 0 Å². The molecule has 0 saturated carbocycles. The molecule has 0 aliphatic heterocycles. The topological polar surface area (TPSA) is 84.0 Å². The molecule has 2 rings (SSSR count). The molecule has 0 radical (unpaired) electrons. The fraction of sp³-hybridized carbons (Fsp3) is 0.200. The van der Waals surface area contributed by atoms with Gasteiger partial charge in [0.15, 0.2) is 5.82 Å². The van der Waals surface area contributed by atoms with Crippen molar-refractivity contribution in [2.75, 3.05) is 16.4 Å². The first kappa shape index (κ1) is 17.2. The highest BCUT2D eigenvalue weighted by atomic mass is 35.5. The van der Waals surface area contributed by atoms with Crippen molar-refractivity contribution >= 4 is 46.7 Å². The number of anilines is 2. The van der Waals surface area contributed by atoms with Gasteiger partial charge in [0.1, 0.15) is 5.03 Å². The lowest BCUT2D eigenvalue weighted by Crippen LogP contribution is -2.14. The van der Waals surface area contributed by atoms with Gasteiger partial charge in [-0.1, -0.05) is 29.4 Å². The van der Waals surface area contributed by atoms with Gasteiger partial charge in [-0.3, -0.25) is 9.59 Å². The predicted molar refractivity (Wildman–Crippen MR) is 91.9 cm³/mol. The smallest absolute Gasteiger partial charge is 0.234 e.